The average Bonchev–Trinajstić information content (AvgIpc) is 2.24. The van der Waals surface area contributed by atoms with Gasteiger partial charge < -0.3 is 19.9 Å². The van der Waals surface area contributed by atoms with E-state index in [1.165, 1.54) is 0 Å². The zero-order valence-electron chi connectivity index (χ0n) is 10.2. The highest BCUT2D eigenvalue weighted by Gasteiger charge is 2.20. The summed E-state index contributed by atoms with van der Waals surface area (Å²) < 4.78 is 10.2. The van der Waals surface area contributed by atoms with E-state index in [9.17, 15) is 5.11 Å². The highest BCUT2D eigenvalue weighted by Crippen LogP contribution is 2.11. The minimum atomic E-state index is -0.167. The Hall–Kier alpha value is -0.160. The van der Waals surface area contributed by atoms with Crippen LogP contribution in [0, 0.1) is 0 Å². The molecule has 0 aliphatic carbocycles. The van der Waals surface area contributed by atoms with Crippen LogP contribution >= 0.6 is 0 Å². The average molecular weight is 219 g/mol. The van der Waals surface area contributed by atoms with Crippen LogP contribution < -0.4 is 5.32 Å². The number of nitrogens with one attached hydrogen (secondary N) is 1. The predicted molar refractivity (Wildman–Crippen MR) is 61.1 cm³/mol. The number of rotatable bonds is 10. The Morgan fingerprint density at radius 2 is 2.00 bits per heavy atom. The zero-order chi connectivity index (χ0) is 11.6. The molecule has 4 nitrogen and oxygen atoms in total. The first-order valence-corrected chi connectivity index (χ1v) is 5.61. The zero-order valence-corrected chi connectivity index (χ0v) is 10.2. The lowest BCUT2D eigenvalue weighted by atomic mass is 9.97. The minimum Gasteiger partial charge on any atom is -0.394 e. The molecule has 4 heteroatoms. The number of aliphatic hydroxyl groups excluding tert-OH is 1. The van der Waals surface area contributed by atoms with Crippen molar-refractivity contribution in [2.45, 2.75) is 32.2 Å². The summed E-state index contributed by atoms with van der Waals surface area (Å²) in [5.74, 6) is 0. The normalized spacial score (nSPS) is 15.2. The van der Waals surface area contributed by atoms with Gasteiger partial charge in [-0.3, -0.25) is 0 Å². The Kier molecular flexibility index (Phi) is 9.00. The summed E-state index contributed by atoms with van der Waals surface area (Å²) >= 11 is 0. The topological polar surface area (TPSA) is 50.7 Å². The maximum Gasteiger partial charge on any atom is 0.0700 e. The second kappa shape index (κ2) is 9.09. The Morgan fingerprint density at radius 1 is 1.27 bits per heavy atom. The summed E-state index contributed by atoms with van der Waals surface area (Å²) in [6.45, 7) is 7.14. The third-order valence-electron chi connectivity index (χ3n) is 2.40. The van der Waals surface area contributed by atoms with Crippen LogP contribution in [0.1, 0.15) is 26.7 Å². The lowest BCUT2D eigenvalue weighted by Crippen LogP contribution is -2.45. The summed E-state index contributed by atoms with van der Waals surface area (Å²) in [6, 6.07) is 0. The van der Waals surface area contributed by atoms with Gasteiger partial charge in [-0.05, 0) is 26.3 Å². The smallest absolute Gasteiger partial charge is 0.0700 e. The highest BCUT2D eigenvalue weighted by molar-refractivity contribution is 4.81. The van der Waals surface area contributed by atoms with E-state index in [0.717, 1.165) is 26.0 Å². The molecule has 1 unspecified atom stereocenters. The van der Waals surface area contributed by atoms with Crippen LogP contribution in [0.4, 0.5) is 0 Å². The Morgan fingerprint density at radius 3 is 2.53 bits per heavy atom. The molecular weight excluding hydrogens is 194 g/mol. The standard InChI is InChI=1S/C11H25NO3/c1-4-12-11(2,10-13)6-5-7-15-9-8-14-3/h12-13H,4-10H2,1-3H3. The van der Waals surface area contributed by atoms with Gasteiger partial charge >= 0.3 is 0 Å². The number of hydrogen-bond acceptors (Lipinski definition) is 4. The van der Waals surface area contributed by atoms with Gasteiger partial charge in [0.25, 0.3) is 0 Å². The van der Waals surface area contributed by atoms with Crippen LogP contribution in [0.3, 0.4) is 0 Å². The molecular formula is C11H25NO3. The molecule has 0 saturated heterocycles. The molecule has 0 saturated carbocycles. The van der Waals surface area contributed by atoms with Crippen molar-refractivity contribution in [3.05, 3.63) is 0 Å². The largest absolute Gasteiger partial charge is 0.394 e. The van der Waals surface area contributed by atoms with Gasteiger partial charge in [0.2, 0.25) is 0 Å². The van der Waals surface area contributed by atoms with Crippen molar-refractivity contribution in [1.82, 2.24) is 5.32 Å². The minimum absolute atomic E-state index is 0.166. The molecule has 0 aliphatic heterocycles. The van der Waals surface area contributed by atoms with E-state index in [4.69, 9.17) is 9.47 Å². The fourth-order valence-corrected chi connectivity index (χ4v) is 1.46. The summed E-state index contributed by atoms with van der Waals surface area (Å²) in [5, 5.41) is 12.5. The molecule has 0 aromatic rings. The fraction of sp³-hybridized carbons (Fsp3) is 1.00. The molecule has 92 valence electrons. The van der Waals surface area contributed by atoms with Gasteiger partial charge in [-0.15, -0.1) is 0 Å². The Bertz CT molecular complexity index is 144. The van der Waals surface area contributed by atoms with Gasteiger partial charge in [0.1, 0.15) is 0 Å². The fourth-order valence-electron chi connectivity index (χ4n) is 1.46. The SMILES string of the molecule is CCNC(C)(CO)CCCOCCOC. The van der Waals surface area contributed by atoms with Gasteiger partial charge in [-0.2, -0.15) is 0 Å². The predicted octanol–water partition coefficient (Wildman–Crippen LogP) is 0.790. The van der Waals surface area contributed by atoms with Crippen molar-refractivity contribution < 1.29 is 14.6 Å². The summed E-state index contributed by atoms with van der Waals surface area (Å²) in [6.07, 6.45) is 1.87. The van der Waals surface area contributed by atoms with Gasteiger partial charge in [0.05, 0.1) is 19.8 Å². The van der Waals surface area contributed by atoms with E-state index in [-0.39, 0.29) is 12.1 Å². The van der Waals surface area contributed by atoms with Crippen molar-refractivity contribution in [1.29, 1.82) is 0 Å². The van der Waals surface area contributed by atoms with E-state index in [1.807, 2.05) is 13.8 Å². The first-order chi connectivity index (χ1) is 7.18. The van der Waals surface area contributed by atoms with Gasteiger partial charge in [-0.25, -0.2) is 0 Å². The molecule has 0 heterocycles. The van der Waals surface area contributed by atoms with Crippen LogP contribution in [0.2, 0.25) is 0 Å². The van der Waals surface area contributed by atoms with Crippen LogP contribution in [0.15, 0.2) is 0 Å². The maximum absolute atomic E-state index is 9.23. The Balaban J connectivity index is 3.46. The van der Waals surface area contributed by atoms with Crippen molar-refractivity contribution >= 4 is 0 Å². The molecule has 0 bridgehead atoms. The van der Waals surface area contributed by atoms with Crippen LogP contribution in [0.25, 0.3) is 0 Å². The molecule has 0 aromatic heterocycles. The van der Waals surface area contributed by atoms with E-state index in [0.29, 0.717) is 13.2 Å². The lowest BCUT2D eigenvalue weighted by molar-refractivity contribution is 0.0629. The Labute approximate surface area is 93.0 Å². The van der Waals surface area contributed by atoms with Gasteiger partial charge in [0, 0.05) is 19.3 Å². The third kappa shape index (κ3) is 7.73. The second-order valence-corrected chi connectivity index (χ2v) is 3.96. The molecule has 0 spiro atoms. The molecule has 15 heavy (non-hydrogen) atoms. The van der Waals surface area contributed by atoms with Gasteiger partial charge in [-0.1, -0.05) is 6.92 Å². The quantitative estimate of drug-likeness (QED) is 0.533. The van der Waals surface area contributed by atoms with Crippen LogP contribution in [-0.2, 0) is 9.47 Å². The molecule has 1 atom stereocenters. The summed E-state index contributed by atoms with van der Waals surface area (Å²) in [7, 11) is 1.66. The van der Waals surface area contributed by atoms with Crippen molar-refractivity contribution in [2.75, 3.05) is 40.1 Å². The van der Waals surface area contributed by atoms with E-state index >= 15 is 0 Å². The van der Waals surface area contributed by atoms with E-state index < -0.39 is 0 Å². The first kappa shape index (κ1) is 14.8. The third-order valence-corrected chi connectivity index (χ3v) is 2.40. The number of likely N-dealkylation sites (N-methyl/N-ethyl adjacent to an activating group) is 1. The highest BCUT2D eigenvalue weighted by atomic mass is 16.5. The van der Waals surface area contributed by atoms with Crippen LogP contribution in [0.5, 0.6) is 0 Å². The van der Waals surface area contributed by atoms with Crippen LogP contribution in [-0.4, -0.2) is 50.7 Å². The summed E-state index contributed by atoms with van der Waals surface area (Å²) in [4.78, 5) is 0. The maximum atomic E-state index is 9.23. The summed E-state index contributed by atoms with van der Waals surface area (Å²) in [5.41, 5.74) is -0.167. The van der Waals surface area contributed by atoms with Crippen molar-refractivity contribution in [2.24, 2.45) is 0 Å². The second-order valence-electron chi connectivity index (χ2n) is 3.96. The first-order valence-electron chi connectivity index (χ1n) is 5.61. The van der Waals surface area contributed by atoms with E-state index in [2.05, 4.69) is 5.32 Å². The monoisotopic (exact) mass is 219 g/mol. The number of hydrogen-bond donors (Lipinski definition) is 2. The van der Waals surface area contributed by atoms with Crippen molar-refractivity contribution in [3.8, 4) is 0 Å². The molecule has 0 aliphatic rings. The molecule has 0 fully saturated rings. The molecule has 0 radical (unpaired) electrons. The lowest BCUT2D eigenvalue weighted by Gasteiger charge is -2.28. The van der Waals surface area contributed by atoms with Gasteiger partial charge in [0.15, 0.2) is 0 Å². The molecule has 0 rings (SSSR count). The molecule has 0 aromatic carbocycles. The van der Waals surface area contributed by atoms with E-state index in [1.54, 1.807) is 7.11 Å². The molecule has 0 amide bonds. The number of aliphatic hydroxyl groups is 1. The number of ether oxygens (including phenoxy) is 2. The number of methoxy groups -OCH3 is 1. The van der Waals surface area contributed by atoms with Crippen molar-refractivity contribution in [3.63, 3.8) is 0 Å². The molecule has 2 N–H and O–H groups in total.